The average molecular weight is 347 g/mol. The molecule has 0 aliphatic heterocycles. The van der Waals surface area contributed by atoms with Crippen molar-refractivity contribution in [1.29, 1.82) is 0 Å². The van der Waals surface area contributed by atoms with Crippen LogP contribution >= 0.6 is 11.6 Å². The van der Waals surface area contributed by atoms with E-state index in [2.05, 4.69) is 44.2 Å². The molecule has 130 valence electrons. The molecule has 0 aliphatic carbocycles. The first-order chi connectivity index (χ1) is 11.5. The van der Waals surface area contributed by atoms with Crippen molar-refractivity contribution in [2.24, 2.45) is 5.92 Å². The lowest BCUT2D eigenvalue weighted by Gasteiger charge is -2.26. The fraction of sp³-hybridized carbons (Fsp3) is 0.429. The van der Waals surface area contributed by atoms with Gasteiger partial charge in [0.1, 0.15) is 0 Å². The summed E-state index contributed by atoms with van der Waals surface area (Å²) in [4.78, 5) is 0. The second-order valence-electron chi connectivity index (χ2n) is 6.65. The molecule has 1 unspecified atom stereocenters. The number of aliphatic hydroxyl groups excluding tert-OH is 2. The lowest BCUT2D eigenvalue weighted by Crippen LogP contribution is -2.19. The molecule has 24 heavy (non-hydrogen) atoms. The molecule has 0 saturated carbocycles. The van der Waals surface area contributed by atoms with E-state index < -0.39 is 6.10 Å². The molecule has 2 aromatic carbocycles. The summed E-state index contributed by atoms with van der Waals surface area (Å²) in [5.41, 5.74) is 3.81. The van der Waals surface area contributed by atoms with Crippen LogP contribution in [0.3, 0.4) is 0 Å². The van der Waals surface area contributed by atoms with Crippen molar-refractivity contribution in [2.75, 3.05) is 6.61 Å². The summed E-state index contributed by atoms with van der Waals surface area (Å²) in [7, 11) is 0. The van der Waals surface area contributed by atoms with Crippen LogP contribution in [0.25, 0.3) is 0 Å². The number of aryl methyl sites for hydroxylation is 1. The lowest BCUT2D eigenvalue weighted by molar-refractivity contribution is 0.0814. The summed E-state index contributed by atoms with van der Waals surface area (Å²) in [6.07, 6.45) is 1.75. The Labute approximate surface area is 150 Å². The molecular weight excluding hydrogens is 320 g/mol. The molecule has 0 spiro atoms. The predicted octanol–water partition coefficient (Wildman–Crippen LogP) is 4.74. The van der Waals surface area contributed by atoms with E-state index in [1.807, 2.05) is 18.2 Å². The van der Waals surface area contributed by atoms with E-state index in [4.69, 9.17) is 16.7 Å². The van der Waals surface area contributed by atoms with Crippen LogP contribution in [0.4, 0.5) is 0 Å². The molecule has 2 nitrogen and oxygen atoms in total. The van der Waals surface area contributed by atoms with Gasteiger partial charge >= 0.3 is 0 Å². The van der Waals surface area contributed by atoms with E-state index in [0.717, 1.165) is 17.9 Å². The maximum Gasteiger partial charge on any atom is 0.0771 e. The van der Waals surface area contributed by atoms with Gasteiger partial charge in [0.2, 0.25) is 0 Å². The Hall–Kier alpha value is -1.35. The summed E-state index contributed by atoms with van der Waals surface area (Å²) in [6, 6.07) is 16.5. The molecule has 2 rings (SSSR count). The zero-order valence-electron chi connectivity index (χ0n) is 14.5. The molecule has 2 N–H and O–H groups in total. The second kappa shape index (κ2) is 9.22. The zero-order valence-corrected chi connectivity index (χ0v) is 15.2. The molecule has 3 atom stereocenters. The van der Waals surface area contributed by atoms with Gasteiger partial charge in [0, 0.05) is 5.02 Å². The van der Waals surface area contributed by atoms with Crippen LogP contribution in [0.5, 0.6) is 0 Å². The van der Waals surface area contributed by atoms with Crippen LogP contribution < -0.4 is 0 Å². The van der Waals surface area contributed by atoms with Crippen LogP contribution in [0, 0.1) is 12.8 Å². The van der Waals surface area contributed by atoms with E-state index in [1.54, 1.807) is 0 Å². The molecule has 0 bridgehead atoms. The third kappa shape index (κ3) is 5.34. The minimum Gasteiger partial charge on any atom is -0.394 e. The SMILES string of the molecule is Cc1ccc(Cl)cc1C[C@H](CC[C@H](O)CO)C(C)c1ccccc1. The summed E-state index contributed by atoms with van der Waals surface area (Å²) in [5.74, 6) is 0.751. The first kappa shape index (κ1) is 19.0. The largest absolute Gasteiger partial charge is 0.394 e. The van der Waals surface area contributed by atoms with Crippen molar-refractivity contribution in [3.63, 3.8) is 0 Å². The number of hydrogen-bond donors (Lipinski definition) is 2. The van der Waals surface area contributed by atoms with Gasteiger partial charge in [0.25, 0.3) is 0 Å². The highest BCUT2D eigenvalue weighted by Gasteiger charge is 2.21. The fourth-order valence-corrected chi connectivity index (χ4v) is 3.39. The third-order valence-corrected chi connectivity index (χ3v) is 5.14. The highest BCUT2D eigenvalue weighted by atomic mass is 35.5. The maximum atomic E-state index is 9.75. The molecule has 0 aromatic heterocycles. The number of rotatable bonds is 8. The van der Waals surface area contributed by atoms with Crippen molar-refractivity contribution < 1.29 is 10.2 Å². The molecule has 0 heterocycles. The molecule has 3 heteroatoms. The highest BCUT2D eigenvalue weighted by molar-refractivity contribution is 6.30. The molecule has 0 fully saturated rings. The highest BCUT2D eigenvalue weighted by Crippen LogP contribution is 2.32. The van der Waals surface area contributed by atoms with Gasteiger partial charge in [-0.1, -0.05) is 54.9 Å². The number of halogens is 1. The van der Waals surface area contributed by atoms with E-state index in [-0.39, 0.29) is 6.61 Å². The number of benzene rings is 2. The molecule has 0 amide bonds. The van der Waals surface area contributed by atoms with Crippen LogP contribution in [0.2, 0.25) is 5.02 Å². The van der Waals surface area contributed by atoms with Gasteiger partial charge in [-0.05, 0) is 66.8 Å². The van der Waals surface area contributed by atoms with Crippen molar-refractivity contribution >= 4 is 11.6 Å². The predicted molar refractivity (Wildman–Crippen MR) is 101 cm³/mol. The smallest absolute Gasteiger partial charge is 0.0771 e. The van der Waals surface area contributed by atoms with Crippen LogP contribution in [0.1, 0.15) is 42.4 Å². The molecule has 0 saturated heterocycles. The standard InChI is InChI=1S/C21H27ClO2/c1-15-8-10-20(22)13-19(15)12-18(9-11-21(24)14-23)16(2)17-6-4-3-5-7-17/h3-8,10,13,16,18,21,23-24H,9,11-12,14H2,1-2H3/t16?,18-,21-/m0/s1. The topological polar surface area (TPSA) is 40.5 Å². The third-order valence-electron chi connectivity index (χ3n) is 4.91. The summed E-state index contributed by atoms with van der Waals surface area (Å²) in [5, 5.41) is 19.6. The number of aliphatic hydroxyl groups is 2. The van der Waals surface area contributed by atoms with E-state index in [1.165, 1.54) is 16.7 Å². The van der Waals surface area contributed by atoms with Gasteiger partial charge in [-0.25, -0.2) is 0 Å². The first-order valence-corrected chi connectivity index (χ1v) is 8.98. The van der Waals surface area contributed by atoms with Crippen molar-refractivity contribution in [3.8, 4) is 0 Å². The lowest BCUT2D eigenvalue weighted by atomic mass is 9.79. The Bertz CT molecular complexity index is 627. The minimum atomic E-state index is -0.643. The van der Waals surface area contributed by atoms with Crippen LogP contribution in [0.15, 0.2) is 48.5 Å². The fourth-order valence-electron chi connectivity index (χ4n) is 3.20. The van der Waals surface area contributed by atoms with Gasteiger partial charge in [0.05, 0.1) is 12.7 Å². The molecular formula is C21H27ClO2. The molecule has 2 aromatic rings. The van der Waals surface area contributed by atoms with Crippen LogP contribution in [-0.2, 0) is 6.42 Å². The normalized spacial score (nSPS) is 15.0. The van der Waals surface area contributed by atoms with Crippen molar-refractivity contribution in [2.45, 2.75) is 45.1 Å². The molecule has 0 aliphatic rings. The minimum absolute atomic E-state index is 0.178. The Balaban J connectivity index is 2.20. The summed E-state index contributed by atoms with van der Waals surface area (Å²) >= 11 is 6.17. The maximum absolute atomic E-state index is 9.75. The van der Waals surface area contributed by atoms with E-state index >= 15 is 0 Å². The Morgan fingerprint density at radius 2 is 1.75 bits per heavy atom. The van der Waals surface area contributed by atoms with E-state index in [9.17, 15) is 5.11 Å². The van der Waals surface area contributed by atoms with Gasteiger partial charge < -0.3 is 10.2 Å². The van der Waals surface area contributed by atoms with Crippen LogP contribution in [-0.4, -0.2) is 22.9 Å². The first-order valence-electron chi connectivity index (χ1n) is 8.60. The average Bonchev–Trinajstić information content (AvgIpc) is 2.61. The summed E-state index contributed by atoms with van der Waals surface area (Å²) < 4.78 is 0. The van der Waals surface area contributed by atoms with Crippen molar-refractivity contribution in [3.05, 3.63) is 70.2 Å². The Morgan fingerprint density at radius 3 is 2.42 bits per heavy atom. The van der Waals surface area contributed by atoms with Gasteiger partial charge in [-0.2, -0.15) is 0 Å². The zero-order chi connectivity index (χ0) is 17.5. The van der Waals surface area contributed by atoms with Gasteiger partial charge in [0.15, 0.2) is 0 Å². The van der Waals surface area contributed by atoms with Crippen molar-refractivity contribution in [1.82, 2.24) is 0 Å². The quantitative estimate of drug-likeness (QED) is 0.724. The second-order valence-corrected chi connectivity index (χ2v) is 7.08. The van der Waals surface area contributed by atoms with Gasteiger partial charge in [-0.3, -0.25) is 0 Å². The Morgan fingerprint density at radius 1 is 1.04 bits per heavy atom. The van der Waals surface area contributed by atoms with Gasteiger partial charge in [-0.15, -0.1) is 0 Å². The summed E-state index contributed by atoms with van der Waals surface area (Å²) in [6.45, 7) is 4.17. The number of hydrogen-bond acceptors (Lipinski definition) is 2. The molecule has 0 radical (unpaired) electrons. The monoisotopic (exact) mass is 346 g/mol. The van der Waals surface area contributed by atoms with E-state index in [0.29, 0.717) is 18.3 Å². The Kier molecular flexibility index (Phi) is 7.29.